The largest absolute Gasteiger partial charge is 0.373 e. The van der Waals surface area contributed by atoms with Crippen LogP contribution >= 0.6 is 0 Å². The first-order valence-electron chi connectivity index (χ1n) is 11.8. The third kappa shape index (κ3) is 7.36. The third-order valence-corrected chi connectivity index (χ3v) is 12.9. The van der Waals surface area contributed by atoms with Gasteiger partial charge in [-0.25, -0.2) is 9.59 Å². The van der Waals surface area contributed by atoms with Gasteiger partial charge in [-0.15, -0.1) is 36.1 Å². The summed E-state index contributed by atoms with van der Waals surface area (Å²) < 4.78 is 0. The molecule has 0 aromatic heterocycles. The van der Waals surface area contributed by atoms with E-state index in [0.29, 0.717) is 11.1 Å². The molecule has 0 aliphatic heterocycles. The van der Waals surface area contributed by atoms with Gasteiger partial charge in [0.15, 0.2) is 0 Å². The minimum absolute atomic E-state index is 0.299. The van der Waals surface area contributed by atoms with Crippen LogP contribution in [0.15, 0.2) is 97.6 Å². The lowest BCUT2D eigenvalue weighted by Gasteiger charge is -2.26. The number of benzene rings is 2. The number of rotatable bonds is 12. The normalized spacial score (nSPS) is 11.9. The Bertz CT molecular complexity index is 1040. The van der Waals surface area contributed by atoms with Crippen molar-refractivity contribution >= 4 is 38.5 Å². The van der Waals surface area contributed by atoms with Crippen molar-refractivity contribution in [1.29, 1.82) is 0 Å². The maximum absolute atomic E-state index is 12.5. The van der Waals surface area contributed by atoms with E-state index >= 15 is 0 Å². The van der Waals surface area contributed by atoms with Gasteiger partial charge in [-0.2, -0.15) is 0 Å². The molecule has 0 heterocycles. The average Bonchev–Trinajstić information content (AvgIpc) is 2.91. The van der Waals surface area contributed by atoms with Gasteiger partial charge in [0, 0.05) is 5.41 Å². The molecule has 0 aliphatic rings. The van der Waals surface area contributed by atoms with Crippen LogP contribution in [0.4, 0.5) is 0 Å². The Morgan fingerprint density at radius 2 is 0.973 bits per heavy atom. The number of carbonyl (C=O) groups is 2. The van der Waals surface area contributed by atoms with Gasteiger partial charge < -0.3 is 0 Å². The molecule has 0 atom stereocenters. The second-order valence-corrected chi connectivity index (χ2v) is 18.1. The van der Waals surface area contributed by atoms with Crippen molar-refractivity contribution in [3.63, 3.8) is 0 Å². The molecule has 0 radical (unpaired) electrons. The Labute approximate surface area is 221 Å². The molecule has 0 unspecified atom stereocenters. The minimum atomic E-state index is -1.99. The van der Waals surface area contributed by atoms with Gasteiger partial charge >= 0.3 is 11.9 Å². The van der Waals surface area contributed by atoms with E-state index < -0.39 is 39.8 Å². The van der Waals surface area contributed by atoms with Crippen LogP contribution in [0.3, 0.4) is 0 Å². The Kier molecular flexibility index (Phi) is 9.94. The van der Waals surface area contributed by atoms with E-state index in [1.54, 1.807) is 45.0 Å². The number of hydrogen-bond acceptors (Lipinski definition) is 6. The molecule has 2 rings (SSSR count). The van der Waals surface area contributed by atoms with E-state index in [1.165, 1.54) is 0 Å². The summed E-state index contributed by atoms with van der Waals surface area (Å²) >= 11 is 0. The van der Waals surface area contributed by atoms with Crippen molar-refractivity contribution < 1.29 is 29.1 Å². The van der Waals surface area contributed by atoms with Crippen LogP contribution in [0.5, 0.6) is 0 Å². The number of carbonyl (C=O) groups excluding carboxylic acids is 2. The average molecular weight is 537 g/mol. The lowest BCUT2D eigenvalue weighted by atomic mass is 9.96. The summed E-state index contributed by atoms with van der Waals surface area (Å²) in [5, 5.41) is 2.12. The van der Waals surface area contributed by atoms with E-state index in [4.69, 9.17) is 19.6 Å². The molecule has 2 aromatic carbocycles. The fraction of sp³-hybridized carbons (Fsp3) is 0.241. The Morgan fingerprint density at radius 1 is 0.676 bits per heavy atom. The highest BCUT2D eigenvalue weighted by Crippen LogP contribution is 2.25. The Hall–Kier alpha value is -3.31. The van der Waals surface area contributed by atoms with E-state index in [-0.39, 0.29) is 0 Å². The maximum atomic E-state index is 12.5. The fourth-order valence-electron chi connectivity index (χ4n) is 3.14. The zero-order valence-corrected chi connectivity index (χ0v) is 24.3. The van der Waals surface area contributed by atoms with Crippen LogP contribution in [0.1, 0.15) is 41.5 Å². The van der Waals surface area contributed by atoms with Crippen LogP contribution in [0.2, 0.25) is 13.1 Å². The van der Waals surface area contributed by atoms with Gasteiger partial charge in [-0.05, 0) is 24.3 Å². The molecule has 196 valence electrons. The summed E-state index contributed by atoms with van der Waals surface area (Å²) in [6.07, 6.45) is -1.17. The quantitative estimate of drug-likeness (QED) is 0.156. The van der Waals surface area contributed by atoms with Gasteiger partial charge in [-0.1, -0.05) is 91.3 Å². The lowest BCUT2D eigenvalue weighted by Crippen LogP contribution is -2.41. The Balaban J connectivity index is 2.03. The molecule has 0 fully saturated rings. The molecular weight excluding hydrogens is 500 g/mol. The molecule has 0 saturated heterocycles. The Morgan fingerprint density at radius 3 is 1.22 bits per heavy atom. The van der Waals surface area contributed by atoms with Crippen LogP contribution in [0.25, 0.3) is 0 Å². The smallest absolute Gasteiger partial charge is 0.290 e. The van der Waals surface area contributed by atoms with Crippen molar-refractivity contribution in [3.8, 4) is 0 Å². The first kappa shape index (κ1) is 29.9. The standard InChI is InChI=1S/C29H36O6Si2/c1-10-36(8,11-2)24-18-14-22(15-19-24)26(30)32-34-28(29(5,6)7)35-33-27(31)23-16-20-25(21-17-23)37(9,12-3)13-4/h10-21,28H,1-4H2,5-9H3. The maximum Gasteiger partial charge on any atom is 0.373 e. The third-order valence-electron chi connectivity index (χ3n) is 6.31. The summed E-state index contributed by atoms with van der Waals surface area (Å²) in [5.74, 6) is -1.41. The highest BCUT2D eigenvalue weighted by atomic mass is 28.3. The molecule has 8 heteroatoms. The topological polar surface area (TPSA) is 71.1 Å². The predicted molar refractivity (Wildman–Crippen MR) is 152 cm³/mol. The lowest BCUT2D eigenvalue weighted by molar-refractivity contribution is -0.442. The molecule has 6 nitrogen and oxygen atoms in total. The van der Waals surface area contributed by atoms with Gasteiger partial charge in [0.1, 0.15) is 16.1 Å². The van der Waals surface area contributed by atoms with Crippen molar-refractivity contribution in [3.05, 3.63) is 109 Å². The van der Waals surface area contributed by atoms with Crippen molar-refractivity contribution in [2.75, 3.05) is 0 Å². The van der Waals surface area contributed by atoms with Gasteiger partial charge in [0.2, 0.25) is 0 Å². The molecule has 0 aliphatic carbocycles. The van der Waals surface area contributed by atoms with E-state index in [1.807, 2.05) is 47.1 Å². The molecule has 0 N–H and O–H groups in total. The molecule has 2 aromatic rings. The van der Waals surface area contributed by atoms with Crippen molar-refractivity contribution in [1.82, 2.24) is 0 Å². The van der Waals surface area contributed by atoms with Gasteiger partial charge in [0.05, 0.1) is 11.1 Å². The predicted octanol–water partition coefficient (Wildman–Crippen LogP) is 5.41. The number of hydrogen-bond donors (Lipinski definition) is 0. The monoisotopic (exact) mass is 536 g/mol. The van der Waals surface area contributed by atoms with E-state index in [9.17, 15) is 9.59 Å². The highest BCUT2D eigenvalue weighted by Gasteiger charge is 2.32. The summed E-state index contributed by atoms with van der Waals surface area (Å²) in [5.41, 5.74) is 7.57. The second kappa shape index (κ2) is 12.3. The van der Waals surface area contributed by atoms with Gasteiger partial charge in [0.25, 0.3) is 6.29 Å². The van der Waals surface area contributed by atoms with Gasteiger partial charge in [-0.3, -0.25) is 9.78 Å². The minimum Gasteiger partial charge on any atom is -0.290 e. The summed E-state index contributed by atoms with van der Waals surface area (Å²) in [4.78, 5) is 45.6. The SMILES string of the molecule is C=C[Si](C)(C=C)c1ccc(C(=O)OOC(OOC(=O)c2ccc([Si](C)(C=C)C=C)cc2)C(C)(C)C)cc1. The summed E-state index contributed by atoms with van der Waals surface area (Å²) in [6, 6.07) is 14.0. The zero-order valence-electron chi connectivity index (χ0n) is 22.3. The highest BCUT2D eigenvalue weighted by molar-refractivity contribution is 6.99. The second-order valence-electron chi connectivity index (χ2n) is 10.2. The summed E-state index contributed by atoms with van der Waals surface area (Å²) in [6.45, 7) is 25.2. The van der Waals surface area contributed by atoms with Crippen LogP contribution in [-0.2, 0) is 19.6 Å². The van der Waals surface area contributed by atoms with Crippen LogP contribution in [-0.4, -0.2) is 34.4 Å². The van der Waals surface area contributed by atoms with Crippen molar-refractivity contribution in [2.45, 2.75) is 40.2 Å². The molecular formula is C29H36O6Si2. The first-order chi connectivity index (χ1) is 17.3. The fourth-order valence-corrected chi connectivity index (χ4v) is 6.19. The summed E-state index contributed by atoms with van der Waals surface area (Å²) in [7, 11) is -3.98. The molecule has 0 amide bonds. The van der Waals surface area contributed by atoms with Crippen molar-refractivity contribution in [2.24, 2.45) is 5.41 Å². The molecule has 0 spiro atoms. The van der Waals surface area contributed by atoms with E-state index in [0.717, 1.165) is 10.4 Å². The first-order valence-corrected chi connectivity index (χ1v) is 17.1. The molecule has 0 bridgehead atoms. The van der Waals surface area contributed by atoms with Crippen LogP contribution < -0.4 is 10.4 Å². The zero-order chi connectivity index (χ0) is 27.9. The molecule has 0 saturated carbocycles. The van der Waals surface area contributed by atoms with Crippen LogP contribution in [0, 0.1) is 5.41 Å². The van der Waals surface area contributed by atoms with E-state index in [2.05, 4.69) is 39.4 Å². The molecule has 37 heavy (non-hydrogen) atoms.